The standard InChI is InChI=1S/C23H21FN4/c1-17-6-4-7-18(14-17)15-28(16-22-19(24)8-5-12-25-22)13-11-23-26-20-9-2-3-10-21(20)27-23/h1-10,12,14H,11,13,15-16H2,(H,26,27). The molecule has 0 aliphatic carbocycles. The zero-order chi connectivity index (χ0) is 19.3. The van der Waals surface area contributed by atoms with Gasteiger partial charge < -0.3 is 4.98 Å². The van der Waals surface area contributed by atoms with Crippen molar-refractivity contribution in [1.82, 2.24) is 19.9 Å². The smallest absolute Gasteiger partial charge is 0.146 e. The van der Waals surface area contributed by atoms with E-state index < -0.39 is 0 Å². The van der Waals surface area contributed by atoms with Crippen molar-refractivity contribution in [2.45, 2.75) is 19.5 Å². The largest absolute Gasteiger partial charge is 0.342 e. The summed E-state index contributed by atoms with van der Waals surface area (Å²) in [5, 5.41) is 0. The number of imidazole rings is 1. The number of nitrogens with one attached hydrogen (secondary N) is 1. The Kier molecular flexibility index (Phi) is 5.44. The van der Waals surface area contributed by atoms with E-state index in [9.17, 15) is 4.39 Å². The quantitative estimate of drug-likeness (QED) is 0.523. The average molecular weight is 372 g/mol. The molecule has 0 bridgehead atoms. The summed E-state index contributed by atoms with van der Waals surface area (Å²) >= 11 is 0. The molecule has 0 spiro atoms. The Balaban J connectivity index is 1.52. The van der Waals surface area contributed by atoms with Gasteiger partial charge in [0.1, 0.15) is 11.6 Å². The lowest BCUT2D eigenvalue weighted by molar-refractivity contribution is 0.251. The molecule has 5 heteroatoms. The number of nitrogens with zero attached hydrogens (tertiary/aromatic N) is 3. The molecular weight excluding hydrogens is 351 g/mol. The predicted molar refractivity (Wildman–Crippen MR) is 108 cm³/mol. The summed E-state index contributed by atoms with van der Waals surface area (Å²) in [5.41, 5.74) is 4.22. The highest BCUT2D eigenvalue weighted by molar-refractivity contribution is 5.74. The summed E-state index contributed by atoms with van der Waals surface area (Å²) < 4.78 is 14.1. The van der Waals surface area contributed by atoms with Gasteiger partial charge in [0.25, 0.3) is 0 Å². The van der Waals surface area contributed by atoms with Crippen molar-refractivity contribution >= 4 is 11.0 Å². The van der Waals surface area contributed by atoms with Gasteiger partial charge in [0, 0.05) is 32.3 Å². The van der Waals surface area contributed by atoms with E-state index in [1.54, 1.807) is 12.3 Å². The van der Waals surface area contributed by atoms with Gasteiger partial charge in [0.2, 0.25) is 0 Å². The van der Waals surface area contributed by atoms with Gasteiger partial charge in [-0.1, -0.05) is 36.4 Å². The highest BCUT2D eigenvalue weighted by atomic mass is 19.1. The molecule has 0 saturated carbocycles. The zero-order valence-electron chi connectivity index (χ0n) is 15.5. The maximum atomic E-state index is 14.1. The summed E-state index contributed by atoms with van der Waals surface area (Å²) in [4.78, 5) is 14.4. The Labute approximate surface area is 164 Å². The van der Waals surface area contributed by atoms with Crippen LogP contribution in [-0.4, -0.2) is 26.4 Å². The molecule has 0 aliphatic rings. The van der Waals surface area contributed by atoms with E-state index in [0.29, 0.717) is 25.3 Å². The van der Waals surface area contributed by atoms with Crippen molar-refractivity contribution in [2.75, 3.05) is 6.54 Å². The van der Waals surface area contributed by atoms with Crippen LogP contribution in [0.4, 0.5) is 4.39 Å². The number of para-hydroxylation sites is 2. The second kappa shape index (κ2) is 8.31. The maximum Gasteiger partial charge on any atom is 0.146 e. The lowest BCUT2D eigenvalue weighted by Gasteiger charge is -2.22. The molecule has 4 nitrogen and oxygen atoms in total. The molecule has 4 rings (SSSR count). The van der Waals surface area contributed by atoms with Crippen molar-refractivity contribution in [3.63, 3.8) is 0 Å². The van der Waals surface area contributed by atoms with E-state index in [0.717, 1.165) is 34.4 Å². The number of pyridine rings is 1. The number of H-pyrrole nitrogens is 1. The van der Waals surface area contributed by atoms with Crippen molar-refractivity contribution in [3.8, 4) is 0 Å². The molecule has 1 N–H and O–H groups in total. The van der Waals surface area contributed by atoms with E-state index >= 15 is 0 Å². The molecule has 0 atom stereocenters. The lowest BCUT2D eigenvalue weighted by atomic mass is 10.1. The van der Waals surface area contributed by atoms with Crippen LogP contribution in [0.25, 0.3) is 11.0 Å². The monoisotopic (exact) mass is 372 g/mol. The van der Waals surface area contributed by atoms with Crippen molar-refractivity contribution in [1.29, 1.82) is 0 Å². The Morgan fingerprint density at radius 3 is 2.71 bits per heavy atom. The van der Waals surface area contributed by atoms with E-state index in [1.165, 1.54) is 6.07 Å². The van der Waals surface area contributed by atoms with E-state index in [2.05, 4.69) is 19.9 Å². The molecule has 2 heterocycles. The fourth-order valence-electron chi connectivity index (χ4n) is 3.30. The van der Waals surface area contributed by atoms with Crippen molar-refractivity contribution < 1.29 is 4.39 Å². The maximum absolute atomic E-state index is 14.1. The van der Waals surface area contributed by atoms with Gasteiger partial charge in [-0.2, -0.15) is 0 Å². The third kappa shape index (κ3) is 4.43. The van der Waals surface area contributed by atoms with Crippen LogP contribution in [0.5, 0.6) is 0 Å². The Morgan fingerprint density at radius 2 is 1.89 bits per heavy atom. The molecule has 0 amide bonds. The molecule has 140 valence electrons. The number of aromatic nitrogens is 3. The summed E-state index contributed by atoms with van der Waals surface area (Å²) in [5.74, 6) is 0.629. The first kappa shape index (κ1) is 18.3. The first-order valence-corrected chi connectivity index (χ1v) is 9.27. The van der Waals surface area contributed by atoms with Crippen LogP contribution in [0.1, 0.15) is 22.6 Å². The Hall–Kier alpha value is -3.05. The molecule has 0 saturated heterocycles. The first-order chi connectivity index (χ1) is 13.7. The third-order valence-electron chi connectivity index (χ3n) is 4.67. The van der Waals surface area contributed by atoms with Gasteiger partial charge >= 0.3 is 0 Å². The SMILES string of the molecule is [CH]c1cccc(CN(CCc2nc3ccccc3[nH]2)Cc2ncccc2F)c1. The Morgan fingerprint density at radius 1 is 1.00 bits per heavy atom. The second-order valence-corrected chi connectivity index (χ2v) is 6.84. The van der Waals surface area contributed by atoms with Crippen LogP contribution < -0.4 is 0 Å². The number of hydrogen-bond donors (Lipinski definition) is 1. The van der Waals surface area contributed by atoms with Crippen molar-refractivity contribution in [3.05, 3.63) is 102 Å². The molecule has 2 aromatic heterocycles. The summed E-state index contributed by atoms with van der Waals surface area (Å²) in [6.45, 7) is 7.70. The minimum atomic E-state index is -0.288. The minimum absolute atomic E-state index is 0.288. The summed E-state index contributed by atoms with van der Waals surface area (Å²) in [7, 11) is 0. The van der Waals surface area contributed by atoms with Gasteiger partial charge in [0.05, 0.1) is 16.7 Å². The van der Waals surface area contributed by atoms with Crippen LogP contribution in [-0.2, 0) is 19.5 Å². The van der Waals surface area contributed by atoms with Gasteiger partial charge in [-0.25, -0.2) is 9.37 Å². The average Bonchev–Trinajstić information content (AvgIpc) is 3.11. The predicted octanol–water partition coefficient (Wildman–Crippen LogP) is 4.40. The molecule has 2 radical (unpaired) electrons. The van der Waals surface area contributed by atoms with Crippen molar-refractivity contribution in [2.24, 2.45) is 0 Å². The van der Waals surface area contributed by atoms with Crippen LogP contribution in [0.2, 0.25) is 0 Å². The number of rotatable bonds is 7. The lowest BCUT2D eigenvalue weighted by Crippen LogP contribution is -2.26. The van der Waals surface area contributed by atoms with Crippen LogP contribution in [0.3, 0.4) is 0 Å². The molecule has 0 aliphatic heterocycles. The number of hydrogen-bond acceptors (Lipinski definition) is 3. The second-order valence-electron chi connectivity index (χ2n) is 6.84. The van der Waals surface area contributed by atoms with E-state index in [-0.39, 0.29) is 5.82 Å². The number of fused-ring (bicyclic) bond motifs is 1. The molecule has 4 aromatic rings. The fraction of sp³-hybridized carbons (Fsp3) is 0.174. The molecule has 28 heavy (non-hydrogen) atoms. The van der Waals surface area contributed by atoms with Crippen LogP contribution >= 0.6 is 0 Å². The van der Waals surface area contributed by atoms with Crippen LogP contribution in [0.15, 0.2) is 66.9 Å². The zero-order valence-corrected chi connectivity index (χ0v) is 15.5. The molecule has 2 aromatic carbocycles. The Bertz CT molecular complexity index is 1040. The highest BCUT2D eigenvalue weighted by Gasteiger charge is 2.13. The van der Waals surface area contributed by atoms with Gasteiger partial charge in [0.15, 0.2) is 0 Å². The normalized spacial score (nSPS) is 11.4. The molecule has 0 unspecified atom stereocenters. The fourth-order valence-corrected chi connectivity index (χ4v) is 3.30. The first-order valence-electron chi connectivity index (χ1n) is 9.27. The highest BCUT2D eigenvalue weighted by Crippen LogP contribution is 2.15. The molecule has 0 fully saturated rings. The topological polar surface area (TPSA) is 44.8 Å². The minimum Gasteiger partial charge on any atom is -0.342 e. The molecular formula is C23H21FN4. The summed E-state index contributed by atoms with van der Waals surface area (Å²) in [6.07, 6.45) is 2.35. The van der Waals surface area contributed by atoms with Gasteiger partial charge in [-0.15, -0.1) is 0 Å². The number of aromatic amines is 1. The van der Waals surface area contributed by atoms with Crippen LogP contribution in [0, 0.1) is 12.7 Å². The number of benzene rings is 2. The van der Waals surface area contributed by atoms with Gasteiger partial charge in [-0.3, -0.25) is 9.88 Å². The van der Waals surface area contributed by atoms with E-state index in [1.807, 2.05) is 48.5 Å². The van der Waals surface area contributed by atoms with E-state index in [4.69, 9.17) is 6.92 Å². The third-order valence-corrected chi connectivity index (χ3v) is 4.67. The summed E-state index contributed by atoms with van der Waals surface area (Å²) in [6, 6.07) is 18.8. The number of halogens is 1. The van der Waals surface area contributed by atoms with Gasteiger partial charge in [-0.05, 0) is 42.3 Å².